The van der Waals surface area contributed by atoms with E-state index in [1.54, 1.807) is 11.9 Å². The van der Waals surface area contributed by atoms with Gasteiger partial charge < -0.3 is 10.2 Å². The van der Waals surface area contributed by atoms with Crippen molar-refractivity contribution in [2.75, 3.05) is 20.1 Å². The molecular formula is C15H18N2O2. The molecule has 19 heavy (non-hydrogen) atoms. The Kier molecular flexibility index (Phi) is 4.00. The first-order chi connectivity index (χ1) is 9.11. The van der Waals surface area contributed by atoms with Crippen LogP contribution in [-0.2, 0) is 4.79 Å². The van der Waals surface area contributed by atoms with Crippen molar-refractivity contribution in [2.24, 2.45) is 0 Å². The molecule has 1 heterocycles. The van der Waals surface area contributed by atoms with Gasteiger partial charge in [0.2, 0.25) is 5.91 Å². The molecule has 0 saturated heterocycles. The lowest BCUT2D eigenvalue weighted by Crippen LogP contribution is -2.37. The van der Waals surface area contributed by atoms with E-state index >= 15 is 0 Å². The summed E-state index contributed by atoms with van der Waals surface area (Å²) in [4.78, 5) is 25.5. The number of hydrogen-bond acceptors (Lipinski definition) is 2. The Bertz CT molecular complexity index is 517. The molecule has 0 radical (unpaired) electrons. The second kappa shape index (κ2) is 5.69. The van der Waals surface area contributed by atoms with Gasteiger partial charge in [0.25, 0.3) is 5.91 Å². The number of benzene rings is 1. The summed E-state index contributed by atoms with van der Waals surface area (Å²) in [5.74, 6) is -0.0327. The molecule has 100 valence electrons. The van der Waals surface area contributed by atoms with E-state index in [1.165, 1.54) is 0 Å². The number of carbonyl (C=O) groups excluding carboxylic acids is 2. The van der Waals surface area contributed by atoms with E-state index in [0.717, 1.165) is 11.1 Å². The van der Waals surface area contributed by atoms with Crippen LogP contribution in [0.25, 0.3) is 0 Å². The predicted octanol–water partition coefficient (Wildman–Crippen LogP) is 1.51. The van der Waals surface area contributed by atoms with E-state index in [1.807, 2.05) is 37.3 Å². The highest BCUT2D eigenvalue weighted by Gasteiger charge is 2.20. The molecule has 2 rings (SSSR count). The monoisotopic (exact) mass is 258 g/mol. The molecule has 0 spiro atoms. The SMILES string of the molecule is CNC(=O)C1=CCN(C(=O)c2ccc(C)cc2)CC1. The van der Waals surface area contributed by atoms with Gasteiger partial charge in [-0.15, -0.1) is 0 Å². The molecule has 0 fully saturated rings. The van der Waals surface area contributed by atoms with Crippen LogP contribution in [-0.4, -0.2) is 36.9 Å². The van der Waals surface area contributed by atoms with E-state index in [2.05, 4.69) is 5.32 Å². The minimum absolute atomic E-state index is 0.0206. The van der Waals surface area contributed by atoms with Gasteiger partial charge in [-0.1, -0.05) is 23.8 Å². The van der Waals surface area contributed by atoms with Crippen molar-refractivity contribution >= 4 is 11.8 Å². The lowest BCUT2D eigenvalue weighted by atomic mass is 10.1. The van der Waals surface area contributed by atoms with Crippen molar-refractivity contribution in [2.45, 2.75) is 13.3 Å². The smallest absolute Gasteiger partial charge is 0.254 e. The van der Waals surface area contributed by atoms with Crippen molar-refractivity contribution in [1.82, 2.24) is 10.2 Å². The minimum Gasteiger partial charge on any atom is -0.355 e. The molecule has 2 amide bonds. The molecular weight excluding hydrogens is 240 g/mol. The topological polar surface area (TPSA) is 49.4 Å². The molecule has 0 saturated carbocycles. The minimum atomic E-state index is -0.0533. The van der Waals surface area contributed by atoms with Gasteiger partial charge in [0.05, 0.1) is 0 Å². The fourth-order valence-corrected chi connectivity index (χ4v) is 2.10. The van der Waals surface area contributed by atoms with Crippen molar-refractivity contribution in [1.29, 1.82) is 0 Å². The molecule has 0 aromatic heterocycles. The molecule has 1 aromatic rings. The van der Waals surface area contributed by atoms with Crippen molar-refractivity contribution in [3.63, 3.8) is 0 Å². The lowest BCUT2D eigenvalue weighted by Gasteiger charge is -2.26. The molecule has 1 aromatic carbocycles. The summed E-state index contributed by atoms with van der Waals surface area (Å²) in [6.45, 7) is 3.08. The summed E-state index contributed by atoms with van der Waals surface area (Å²) in [6.07, 6.45) is 2.44. The number of nitrogens with one attached hydrogen (secondary N) is 1. The quantitative estimate of drug-likeness (QED) is 0.874. The van der Waals surface area contributed by atoms with Gasteiger partial charge >= 0.3 is 0 Å². The van der Waals surface area contributed by atoms with Crippen molar-refractivity contribution < 1.29 is 9.59 Å². The van der Waals surface area contributed by atoms with Crippen LogP contribution in [0.2, 0.25) is 0 Å². The summed E-state index contributed by atoms with van der Waals surface area (Å²) in [7, 11) is 1.62. The Morgan fingerprint density at radius 2 is 1.89 bits per heavy atom. The van der Waals surface area contributed by atoms with Crippen LogP contribution in [0.3, 0.4) is 0 Å². The number of hydrogen-bond donors (Lipinski definition) is 1. The standard InChI is InChI=1S/C15H18N2O2/c1-11-3-5-13(6-4-11)15(19)17-9-7-12(8-10-17)14(18)16-2/h3-7H,8-10H2,1-2H3,(H,16,18). The summed E-state index contributed by atoms with van der Waals surface area (Å²) < 4.78 is 0. The zero-order valence-electron chi connectivity index (χ0n) is 11.3. The van der Waals surface area contributed by atoms with Crippen LogP contribution in [0.1, 0.15) is 22.3 Å². The Hall–Kier alpha value is -2.10. The van der Waals surface area contributed by atoms with Crippen molar-refractivity contribution in [3.8, 4) is 0 Å². The van der Waals surface area contributed by atoms with Crippen LogP contribution in [0.15, 0.2) is 35.9 Å². The number of carbonyl (C=O) groups is 2. The van der Waals surface area contributed by atoms with Crippen LogP contribution < -0.4 is 5.32 Å². The fraction of sp³-hybridized carbons (Fsp3) is 0.333. The van der Waals surface area contributed by atoms with Crippen LogP contribution >= 0.6 is 0 Å². The zero-order chi connectivity index (χ0) is 13.8. The summed E-state index contributed by atoms with van der Waals surface area (Å²) >= 11 is 0. The number of amides is 2. The Morgan fingerprint density at radius 1 is 1.21 bits per heavy atom. The first-order valence-corrected chi connectivity index (χ1v) is 6.39. The van der Waals surface area contributed by atoms with Gasteiger partial charge in [0.1, 0.15) is 0 Å². The molecule has 0 aliphatic carbocycles. The molecule has 0 bridgehead atoms. The molecule has 0 atom stereocenters. The molecule has 1 aliphatic heterocycles. The van der Waals surface area contributed by atoms with Crippen LogP contribution in [0.5, 0.6) is 0 Å². The first-order valence-electron chi connectivity index (χ1n) is 6.39. The normalized spacial score (nSPS) is 14.8. The molecule has 4 nitrogen and oxygen atoms in total. The number of nitrogens with zero attached hydrogens (tertiary/aromatic N) is 1. The van der Waals surface area contributed by atoms with E-state index in [4.69, 9.17) is 0 Å². The van der Waals surface area contributed by atoms with Crippen LogP contribution in [0.4, 0.5) is 0 Å². The van der Waals surface area contributed by atoms with E-state index in [0.29, 0.717) is 25.1 Å². The fourth-order valence-electron chi connectivity index (χ4n) is 2.10. The highest BCUT2D eigenvalue weighted by Crippen LogP contribution is 2.14. The average Bonchev–Trinajstić information content (AvgIpc) is 2.46. The first kappa shape index (κ1) is 13.3. The molecule has 1 N–H and O–H groups in total. The number of likely N-dealkylation sites (N-methyl/N-ethyl adjacent to an activating group) is 1. The summed E-state index contributed by atoms with van der Waals surface area (Å²) in [5, 5.41) is 2.61. The van der Waals surface area contributed by atoms with E-state index < -0.39 is 0 Å². The highest BCUT2D eigenvalue weighted by molar-refractivity contribution is 5.96. The van der Waals surface area contributed by atoms with Crippen molar-refractivity contribution in [3.05, 3.63) is 47.0 Å². The maximum Gasteiger partial charge on any atom is 0.254 e. The van der Waals surface area contributed by atoms with E-state index in [9.17, 15) is 9.59 Å². The highest BCUT2D eigenvalue weighted by atomic mass is 16.2. The number of aryl methyl sites for hydroxylation is 1. The third-order valence-electron chi connectivity index (χ3n) is 3.31. The van der Waals surface area contributed by atoms with Gasteiger partial charge in [-0.05, 0) is 25.5 Å². The average molecular weight is 258 g/mol. The molecule has 4 heteroatoms. The maximum absolute atomic E-state index is 12.3. The van der Waals surface area contributed by atoms with Gasteiger partial charge in [0.15, 0.2) is 0 Å². The predicted molar refractivity (Wildman–Crippen MR) is 73.8 cm³/mol. The lowest BCUT2D eigenvalue weighted by molar-refractivity contribution is -0.117. The third kappa shape index (κ3) is 3.02. The summed E-state index contributed by atoms with van der Waals surface area (Å²) in [6, 6.07) is 7.55. The third-order valence-corrected chi connectivity index (χ3v) is 3.31. The Labute approximate surface area is 113 Å². The van der Waals surface area contributed by atoms with Crippen LogP contribution in [0, 0.1) is 6.92 Å². The largest absolute Gasteiger partial charge is 0.355 e. The molecule has 1 aliphatic rings. The van der Waals surface area contributed by atoms with Gasteiger partial charge in [-0.25, -0.2) is 0 Å². The second-order valence-corrected chi connectivity index (χ2v) is 4.68. The summed E-state index contributed by atoms with van der Waals surface area (Å²) in [5.41, 5.74) is 2.59. The Morgan fingerprint density at radius 3 is 2.42 bits per heavy atom. The molecule has 0 unspecified atom stereocenters. The van der Waals surface area contributed by atoms with Gasteiger partial charge in [-0.2, -0.15) is 0 Å². The Balaban J connectivity index is 2.05. The maximum atomic E-state index is 12.3. The van der Waals surface area contributed by atoms with E-state index in [-0.39, 0.29) is 11.8 Å². The van der Waals surface area contributed by atoms with Gasteiger partial charge in [0, 0.05) is 31.3 Å². The number of rotatable bonds is 2. The zero-order valence-corrected chi connectivity index (χ0v) is 11.3. The second-order valence-electron chi connectivity index (χ2n) is 4.68. The van der Waals surface area contributed by atoms with Gasteiger partial charge in [-0.3, -0.25) is 9.59 Å².